The molecule has 41 heavy (non-hydrogen) atoms. The maximum atomic E-state index is 15.3. The van der Waals surface area contributed by atoms with Crippen LogP contribution in [0.1, 0.15) is 24.5 Å². The van der Waals surface area contributed by atoms with Crippen molar-refractivity contribution in [3.63, 3.8) is 0 Å². The van der Waals surface area contributed by atoms with Crippen molar-refractivity contribution in [2.75, 3.05) is 23.1 Å². The summed E-state index contributed by atoms with van der Waals surface area (Å²) >= 11 is 0. The van der Waals surface area contributed by atoms with Crippen LogP contribution >= 0.6 is 0 Å². The molecule has 0 saturated carbocycles. The Morgan fingerprint density at radius 2 is 1.85 bits per heavy atom. The van der Waals surface area contributed by atoms with Gasteiger partial charge in [0, 0.05) is 36.6 Å². The molecule has 2 aromatic carbocycles. The van der Waals surface area contributed by atoms with Gasteiger partial charge in [0.1, 0.15) is 11.4 Å². The number of sulfonamides is 1. The van der Waals surface area contributed by atoms with Gasteiger partial charge in [0.2, 0.25) is 21.9 Å². The van der Waals surface area contributed by atoms with E-state index in [1.807, 2.05) is 4.72 Å². The first-order chi connectivity index (χ1) is 19.7. The Morgan fingerprint density at radius 1 is 1.05 bits per heavy atom. The summed E-state index contributed by atoms with van der Waals surface area (Å²) in [4.78, 5) is 13.2. The Labute approximate surface area is 237 Å². The van der Waals surface area contributed by atoms with Crippen molar-refractivity contribution in [1.29, 1.82) is 0 Å². The monoisotopic (exact) mass is 580 g/mol. The van der Waals surface area contributed by atoms with Crippen LogP contribution in [0.25, 0.3) is 11.3 Å². The van der Waals surface area contributed by atoms with Gasteiger partial charge in [-0.2, -0.15) is 0 Å². The molecule has 3 N–H and O–H groups in total. The van der Waals surface area contributed by atoms with Crippen molar-refractivity contribution in [2.45, 2.75) is 32.1 Å². The largest absolute Gasteiger partial charge is 0.438 e. The zero-order chi connectivity index (χ0) is 29.0. The van der Waals surface area contributed by atoms with Gasteiger partial charge < -0.3 is 15.4 Å². The van der Waals surface area contributed by atoms with E-state index in [-0.39, 0.29) is 23.2 Å². The third kappa shape index (κ3) is 6.95. The van der Waals surface area contributed by atoms with Gasteiger partial charge in [-0.25, -0.2) is 32.2 Å². The first-order valence-electron chi connectivity index (χ1n) is 13.1. The lowest BCUT2D eigenvalue weighted by Gasteiger charge is -2.28. The van der Waals surface area contributed by atoms with Crippen LogP contribution in [0, 0.1) is 24.5 Å². The number of rotatable bonds is 9. The Bertz CT molecular complexity index is 1640. The highest BCUT2D eigenvalue weighted by molar-refractivity contribution is 7.91. The molecular weight excluding hydrogens is 550 g/mol. The third-order valence-electron chi connectivity index (χ3n) is 6.69. The lowest BCUT2D eigenvalue weighted by molar-refractivity contribution is 0.377. The van der Waals surface area contributed by atoms with Crippen LogP contribution in [0.15, 0.2) is 67.0 Å². The quantitative estimate of drug-likeness (QED) is 0.245. The predicted molar refractivity (Wildman–Crippen MR) is 153 cm³/mol. The number of halogens is 2. The minimum absolute atomic E-state index is 0.0735. The van der Waals surface area contributed by atoms with Crippen molar-refractivity contribution in [3.05, 3.63) is 89.8 Å². The minimum atomic E-state index is -4.09. The molecule has 5 rings (SSSR count). The van der Waals surface area contributed by atoms with Crippen LogP contribution < -0.4 is 20.1 Å². The standard InChI is InChI=1S/C29H30F2N6O3S/c1-18-13-21(16-32-15-18)35-29-34-12-10-24(36-29)22-9-6-11-33-28(22)40-25-14-23(30)27(26(31)19(25)2)37-41(38,39)17-20-7-4-3-5-8-20/h3-12,14,18,21,32,37H,13,15-17H2,1-2H3,(H,34,35,36)/t18-,21+/m1/s1. The fraction of sp³-hybridized carbons (Fsp3) is 0.276. The highest BCUT2D eigenvalue weighted by atomic mass is 32.2. The summed E-state index contributed by atoms with van der Waals surface area (Å²) in [5.41, 5.74) is 0.606. The van der Waals surface area contributed by atoms with Crippen molar-refractivity contribution < 1.29 is 21.9 Å². The van der Waals surface area contributed by atoms with E-state index in [1.54, 1.807) is 54.7 Å². The van der Waals surface area contributed by atoms with E-state index in [4.69, 9.17) is 4.74 Å². The molecule has 2 aromatic heterocycles. The smallest absolute Gasteiger partial charge is 0.237 e. The van der Waals surface area contributed by atoms with E-state index in [0.717, 1.165) is 25.6 Å². The van der Waals surface area contributed by atoms with Crippen molar-refractivity contribution in [2.24, 2.45) is 5.92 Å². The van der Waals surface area contributed by atoms with Crippen LogP contribution in [-0.4, -0.2) is 42.5 Å². The Morgan fingerprint density at radius 3 is 2.63 bits per heavy atom. The molecule has 0 aliphatic carbocycles. The molecule has 1 saturated heterocycles. The highest BCUT2D eigenvalue weighted by Gasteiger charge is 2.24. The number of anilines is 2. The number of benzene rings is 2. The maximum absolute atomic E-state index is 15.3. The summed E-state index contributed by atoms with van der Waals surface area (Å²) in [5.74, 6) is -1.76. The van der Waals surface area contributed by atoms with E-state index in [0.29, 0.717) is 28.7 Å². The molecule has 3 heterocycles. The molecule has 12 heteroatoms. The lowest BCUT2D eigenvalue weighted by atomic mass is 9.98. The fourth-order valence-corrected chi connectivity index (χ4v) is 5.88. The van der Waals surface area contributed by atoms with E-state index < -0.39 is 33.1 Å². The Kier molecular flexibility index (Phi) is 8.41. The van der Waals surface area contributed by atoms with Crippen LogP contribution in [0.2, 0.25) is 0 Å². The summed E-state index contributed by atoms with van der Waals surface area (Å²) in [6.45, 7) is 5.32. The number of ether oxygens (including phenoxy) is 1. The second-order valence-electron chi connectivity index (χ2n) is 10.1. The molecule has 2 atom stereocenters. The van der Waals surface area contributed by atoms with E-state index >= 15 is 8.78 Å². The molecule has 9 nitrogen and oxygen atoms in total. The van der Waals surface area contributed by atoms with Crippen LogP contribution in [0.4, 0.5) is 20.4 Å². The molecule has 214 valence electrons. The van der Waals surface area contributed by atoms with E-state index in [2.05, 4.69) is 32.5 Å². The highest BCUT2D eigenvalue weighted by Crippen LogP contribution is 2.36. The van der Waals surface area contributed by atoms with Gasteiger partial charge in [0.25, 0.3) is 0 Å². The second-order valence-corrected chi connectivity index (χ2v) is 11.8. The summed E-state index contributed by atoms with van der Waals surface area (Å²) in [5, 5.41) is 6.74. The molecule has 0 radical (unpaired) electrons. The number of hydrogen-bond donors (Lipinski definition) is 3. The SMILES string of the molecule is Cc1c(Oc2ncccc2-c2ccnc(N[C@@H]3CNC[C@H](C)C3)n2)cc(F)c(NS(=O)(=O)Cc2ccccc2)c1F. The average molecular weight is 581 g/mol. The maximum Gasteiger partial charge on any atom is 0.237 e. The van der Waals surface area contributed by atoms with Gasteiger partial charge in [-0.3, -0.25) is 4.72 Å². The summed E-state index contributed by atoms with van der Waals surface area (Å²) in [6, 6.07) is 14.6. The van der Waals surface area contributed by atoms with Crippen molar-refractivity contribution >= 4 is 21.7 Å². The normalized spacial score (nSPS) is 17.2. The summed E-state index contributed by atoms with van der Waals surface area (Å²) < 4.78 is 63.6. The van der Waals surface area contributed by atoms with E-state index in [9.17, 15) is 8.42 Å². The zero-order valence-electron chi connectivity index (χ0n) is 22.6. The van der Waals surface area contributed by atoms with Crippen LogP contribution in [0.3, 0.4) is 0 Å². The average Bonchev–Trinajstić information content (AvgIpc) is 2.95. The minimum Gasteiger partial charge on any atom is -0.438 e. The fourth-order valence-electron chi connectivity index (χ4n) is 4.68. The first kappa shape index (κ1) is 28.4. The molecule has 1 fully saturated rings. The molecular formula is C29H30F2N6O3S. The second kappa shape index (κ2) is 12.1. The van der Waals surface area contributed by atoms with Crippen molar-refractivity contribution in [3.8, 4) is 22.9 Å². The summed E-state index contributed by atoms with van der Waals surface area (Å²) in [7, 11) is -4.09. The number of piperidine rings is 1. The lowest BCUT2D eigenvalue weighted by Crippen LogP contribution is -2.42. The predicted octanol–water partition coefficient (Wildman–Crippen LogP) is 5.27. The molecule has 0 spiro atoms. The van der Waals surface area contributed by atoms with Gasteiger partial charge in [0.15, 0.2) is 11.6 Å². The summed E-state index contributed by atoms with van der Waals surface area (Å²) in [6.07, 6.45) is 4.08. The molecule has 0 unspecified atom stereocenters. The zero-order valence-corrected chi connectivity index (χ0v) is 23.4. The molecule has 0 bridgehead atoms. The van der Waals surface area contributed by atoms with Gasteiger partial charge in [0.05, 0.1) is 17.0 Å². The number of hydrogen-bond acceptors (Lipinski definition) is 8. The third-order valence-corrected chi connectivity index (χ3v) is 7.91. The van der Waals surface area contributed by atoms with Gasteiger partial charge in [-0.15, -0.1) is 0 Å². The number of nitrogens with one attached hydrogen (secondary N) is 3. The van der Waals surface area contributed by atoms with E-state index in [1.165, 1.54) is 13.1 Å². The topological polar surface area (TPSA) is 118 Å². The van der Waals surface area contributed by atoms with Crippen LogP contribution in [0.5, 0.6) is 11.6 Å². The van der Waals surface area contributed by atoms with Gasteiger partial charge in [-0.05, 0) is 49.6 Å². The molecule has 1 aliphatic rings. The Hall–Kier alpha value is -4.16. The van der Waals surface area contributed by atoms with Gasteiger partial charge in [-0.1, -0.05) is 37.3 Å². The van der Waals surface area contributed by atoms with Crippen LogP contribution in [-0.2, 0) is 15.8 Å². The Balaban J connectivity index is 1.38. The first-order valence-corrected chi connectivity index (χ1v) is 14.8. The molecule has 0 amide bonds. The number of pyridine rings is 1. The number of nitrogens with zero attached hydrogens (tertiary/aromatic N) is 3. The van der Waals surface area contributed by atoms with Crippen molar-refractivity contribution in [1.82, 2.24) is 20.3 Å². The molecule has 4 aromatic rings. The number of aromatic nitrogens is 3. The van der Waals surface area contributed by atoms with Gasteiger partial charge >= 0.3 is 0 Å². The molecule has 1 aliphatic heterocycles.